The SMILES string of the molecule is Cc1ccc(Br)cc1CCCBr. The summed E-state index contributed by atoms with van der Waals surface area (Å²) in [5.41, 5.74) is 2.84. The van der Waals surface area contributed by atoms with Gasteiger partial charge >= 0.3 is 0 Å². The number of benzene rings is 1. The molecule has 0 saturated heterocycles. The van der Waals surface area contributed by atoms with Crippen LogP contribution in [0, 0.1) is 6.92 Å². The van der Waals surface area contributed by atoms with Crippen LogP contribution in [-0.2, 0) is 6.42 Å². The summed E-state index contributed by atoms with van der Waals surface area (Å²) in [6, 6.07) is 6.46. The molecule has 0 aliphatic heterocycles. The van der Waals surface area contributed by atoms with Gasteiger partial charge in [0.2, 0.25) is 0 Å². The number of hydrogen-bond acceptors (Lipinski definition) is 0. The highest BCUT2D eigenvalue weighted by molar-refractivity contribution is 9.10. The minimum Gasteiger partial charge on any atom is -0.0928 e. The van der Waals surface area contributed by atoms with Crippen LogP contribution in [0.5, 0.6) is 0 Å². The molecule has 0 heterocycles. The van der Waals surface area contributed by atoms with E-state index in [1.165, 1.54) is 22.0 Å². The van der Waals surface area contributed by atoms with Crippen LogP contribution in [0.1, 0.15) is 17.5 Å². The summed E-state index contributed by atoms with van der Waals surface area (Å²) in [5, 5.41) is 1.08. The van der Waals surface area contributed by atoms with Crippen LogP contribution in [0.4, 0.5) is 0 Å². The molecule has 1 aromatic carbocycles. The molecule has 0 aromatic heterocycles. The first kappa shape index (κ1) is 10.3. The van der Waals surface area contributed by atoms with Crippen molar-refractivity contribution in [1.29, 1.82) is 0 Å². The molecule has 1 aromatic rings. The van der Waals surface area contributed by atoms with Crippen molar-refractivity contribution < 1.29 is 0 Å². The quantitative estimate of drug-likeness (QED) is 0.736. The van der Waals surface area contributed by atoms with Gasteiger partial charge in [0.05, 0.1) is 0 Å². The lowest BCUT2D eigenvalue weighted by Gasteiger charge is -2.04. The summed E-state index contributed by atoms with van der Waals surface area (Å²) < 4.78 is 1.18. The predicted molar refractivity (Wildman–Crippen MR) is 61.0 cm³/mol. The fourth-order valence-electron chi connectivity index (χ4n) is 1.17. The first-order valence-electron chi connectivity index (χ1n) is 4.05. The molecule has 0 amide bonds. The molecule has 0 aliphatic rings. The Morgan fingerprint density at radius 1 is 1.33 bits per heavy atom. The highest BCUT2D eigenvalue weighted by atomic mass is 79.9. The molecular weight excluding hydrogens is 280 g/mol. The van der Waals surface area contributed by atoms with E-state index in [9.17, 15) is 0 Å². The van der Waals surface area contributed by atoms with Gasteiger partial charge in [0.25, 0.3) is 0 Å². The molecule has 2 heteroatoms. The minimum absolute atomic E-state index is 1.08. The Kier molecular flexibility index (Phi) is 4.30. The van der Waals surface area contributed by atoms with E-state index in [2.05, 4.69) is 57.0 Å². The van der Waals surface area contributed by atoms with E-state index in [-0.39, 0.29) is 0 Å². The van der Waals surface area contributed by atoms with Gasteiger partial charge in [-0.05, 0) is 43.0 Å². The third-order valence-electron chi connectivity index (χ3n) is 1.89. The van der Waals surface area contributed by atoms with Crippen molar-refractivity contribution in [2.75, 3.05) is 5.33 Å². The normalized spacial score (nSPS) is 10.2. The van der Waals surface area contributed by atoms with Crippen molar-refractivity contribution >= 4 is 31.9 Å². The molecule has 0 aliphatic carbocycles. The molecule has 0 spiro atoms. The number of hydrogen-bond donors (Lipinski definition) is 0. The first-order valence-corrected chi connectivity index (χ1v) is 5.96. The zero-order valence-electron chi connectivity index (χ0n) is 7.11. The maximum Gasteiger partial charge on any atom is 0.0178 e. The molecule has 1 rings (SSSR count). The van der Waals surface area contributed by atoms with Gasteiger partial charge in [0.15, 0.2) is 0 Å². The summed E-state index contributed by atoms with van der Waals surface area (Å²) in [4.78, 5) is 0. The van der Waals surface area contributed by atoms with Crippen molar-refractivity contribution in [1.82, 2.24) is 0 Å². The summed E-state index contributed by atoms with van der Waals surface area (Å²) in [6.07, 6.45) is 2.37. The Bertz CT molecular complexity index is 256. The number of halogens is 2. The van der Waals surface area contributed by atoms with Gasteiger partial charge in [-0.25, -0.2) is 0 Å². The largest absolute Gasteiger partial charge is 0.0928 e. The molecule has 0 radical (unpaired) electrons. The molecule has 12 heavy (non-hydrogen) atoms. The first-order chi connectivity index (χ1) is 5.74. The van der Waals surface area contributed by atoms with E-state index in [1.807, 2.05) is 0 Å². The van der Waals surface area contributed by atoms with Crippen molar-refractivity contribution in [2.24, 2.45) is 0 Å². The van der Waals surface area contributed by atoms with Crippen LogP contribution in [0.3, 0.4) is 0 Å². The molecule has 66 valence electrons. The molecule has 0 saturated carbocycles. The van der Waals surface area contributed by atoms with Crippen molar-refractivity contribution in [3.8, 4) is 0 Å². The molecular formula is C10H12Br2. The van der Waals surface area contributed by atoms with Crippen LogP contribution in [0.15, 0.2) is 22.7 Å². The number of alkyl halides is 1. The Hall–Kier alpha value is 0.180. The molecule has 0 unspecified atom stereocenters. The van der Waals surface area contributed by atoms with Gasteiger partial charge in [-0.3, -0.25) is 0 Å². The fourth-order valence-corrected chi connectivity index (χ4v) is 1.86. The Balaban J connectivity index is 2.75. The van der Waals surface area contributed by atoms with E-state index in [1.54, 1.807) is 0 Å². The second kappa shape index (κ2) is 5.03. The Morgan fingerprint density at radius 3 is 2.75 bits per heavy atom. The monoisotopic (exact) mass is 290 g/mol. The molecule has 0 N–H and O–H groups in total. The lowest BCUT2D eigenvalue weighted by molar-refractivity contribution is 0.928. The van der Waals surface area contributed by atoms with Crippen LogP contribution in [0.2, 0.25) is 0 Å². The summed E-state index contributed by atoms with van der Waals surface area (Å²) >= 11 is 6.91. The average molecular weight is 292 g/mol. The van der Waals surface area contributed by atoms with Gasteiger partial charge in [-0.2, -0.15) is 0 Å². The number of aryl methyl sites for hydroxylation is 2. The lowest BCUT2D eigenvalue weighted by atomic mass is 10.1. The predicted octanol–water partition coefficient (Wildman–Crippen LogP) is 4.09. The van der Waals surface area contributed by atoms with E-state index >= 15 is 0 Å². The molecule has 0 bridgehead atoms. The fraction of sp³-hybridized carbons (Fsp3) is 0.400. The van der Waals surface area contributed by atoms with E-state index in [0.717, 1.165) is 11.8 Å². The summed E-state index contributed by atoms with van der Waals surface area (Å²) in [6.45, 7) is 2.16. The number of rotatable bonds is 3. The Morgan fingerprint density at radius 2 is 2.08 bits per heavy atom. The second-order valence-electron chi connectivity index (χ2n) is 2.86. The van der Waals surface area contributed by atoms with E-state index in [0.29, 0.717) is 0 Å². The van der Waals surface area contributed by atoms with Gasteiger partial charge in [-0.15, -0.1) is 0 Å². The summed E-state index contributed by atoms with van der Waals surface area (Å²) in [5.74, 6) is 0. The topological polar surface area (TPSA) is 0 Å². The van der Waals surface area contributed by atoms with Crippen LogP contribution in [0.25, 0.3) is 0 Å². The molecule has 0 nitrogen and oxygen atoms in total. The van der Waals surface area contributed by atoms with Gasteiger partial charge in [0.1, 0.15) is 0 Å². The lowest BCUT2D eigenvalue weighted by Crippen LogP contribution is -1.90. The van der Waals surface area contributed by atoms with Crippen molar-refractivity contribution in [3.05, 3.63) is 33.8 Å². The van der Waals surface area contributed by atoms with Crippen LogP contribution in [-0.4, -0.2) is 5.33 Å². The highest BCUT2D eigenvalue weighted by Gasteiger charge is 1.98. The zero-order chi connectivity index (χ0) is 8.97. The van der Waals surface area contributed by atoms with E-state index in [4.69, 9.17) is 0 Å². The molecule has 0 fully saturated rings. The highest BCUT2D eigenvalue weighted by Crippen LogP contribution is 2.17. The maximum atomic E-state index is 3.48. The minimum atomic E-state index is 1.08. The Labute approximate surface area is 90.6 Å². The standard InChI is InChI=1S/C10H12Br2/c1-8-4-5-10(12)7-9(8)3-2-6-11/h4-5,7H,2-3,6H2,1H3. The zero-order valence-corrected chi connectivity index (χ0v) is 10.3. The van der Waals surface area contributed by atoms with Gasteiger partial charge in [0, 0.05) is 9.80 Å². The van der Waals surface area contributed by atoms with Crippen molar-refractivity contribution in [3.63, 3.8) is 0 Å². The third kappa shape index (κ3) is 2.91. The molecule has 0 atom stereocenters. The summed E-state index contributed by atoms with van der Waals surface area (Å²) in [7, 11) is 0. The maximum absolute atomic E-state index is 3.48. The van der Waals surface area contributed by atoms with Crippen molar-refractivity contribution in [2.45, 2.75) is 19.8 Å². The van der Waals surface area contributed by atoms with Gasteiger partial charge < -0.3 is 0 Å². The second-order valence-corrected chi connectivity index (χ2v) is 4.57. The van der Waals surface area contributed by atoms with Crippen LogP contribution < -0.4 is 0 Å². The van der Waals surface area contributed by atoms with E-state index < -0.39 is 0 Å². The average Bonchev–Trinajstić information content (AvgIpc) is 2.07. The smallest absolute Gasteiger partial charge is 0.0178 e. The van der Waals surface area contributed by atoms with Gasteiger partial charge in [-0.1, -0.05) is 37.9 Å². The third-order valence-corrected chi connectivity index (χ3v) is 2.94. The van der Waals surface area contributed by atoms with Crippen LogP contribution >= 0.6 is 31.9 Å².